The Hall–Kier alpha value is -1.34. The maximum absolute atomic E-state index is 10.9. The Labute approximate surface area is 81.3 Å². The summed E-state index contributed by atoms with van der Waals surface area (Å²) in [6.07, 6.45) is 0. The number of hydrogen-bond acceptors (Lipinski definition) is 6. The van der Waals surface area contributed by atoms with Crippen molar-refractivity contribution in [2.24, 2.45) is 0 Å². The van der Waals surface area contributed by atoms with E-state index < -0.39 is 0 Å². The Bertz CT molecular complexity index is 248. The van der Waals surface area contributed by atoms with Gasteiger partial charge in [0, 0.05) is 0 Å². The molecule has 0 aliphatic carbocycles. The van der Waals surface area contributed by atoms with Crippen LogP contribution in [-0.4, -0.2) is 14.2 Å². The molecule has 0 saturated carbocycles. The van der Waals surface area contributed by atoms with Crippen LogP contribution in [0.3, 0.4) is 0 Å². The van der Waals surface area contributed by atoms with Crippen LogP contribution in [0.4, 0.5) is 11.4 Å². The topological polar surface area (TPSA) is 71.1 Å². The molecule has 1 rings (SSSR count). The van der Waals surface area contributed by atoms with Crippen molar-refractivity contribution < 1.29 is 9.68 Å². The summed E-state index contributed by atoms with van der Waals surface area (Å²) < 4.78 is 0. The van der Waals surface area contributed by atoms with Crippen LogP contribution >= 0.6 is 0 Å². The fourth-order valence-corrected chi connectivity index (χ4v) is 0.907. The maximum Gasteiger partial charge on any atom is 0.0629 e. The van der Waals surface area contributed by atoms with E-state index in [0.717, 1.165) is 0 Å². The molecule has 1 aromatic carbocycles. The first-order chi connectivity index (χ1) is 6.69. The SMILES string of the molecule is CON([O-])c1ccc(N([O-])OC)cc1. The van der Waals surface area contributed by atoms with Crippen molar-refractivity contribution in [1.29, 1.82) is 0 Å². The third-order valence-electron chi connectivity index (χ3n) is 1.60. The van der Waals surface area contributed by atoms with Gasteiger partial charge in [-0.15, -0.1) is 0 Å². The first-order valence-electron chi connectivity index (χ1n) is 3.82. The van der Waals surface area contributed by atoms with Crippen molar-refractivity contribution in [2.45, 2.75) is 0 Å². The molecule has 0 atom stereocenters. The van der Waals surface area contributed by atoms with Gasteiger partial charge in [-0.25, -0.2) is 0 Å². The molecule has 6 heteroatoms. The normalized spacial score (nSPS) is 10.0. The monoisotopic (exact) mass is 198 g/mol. The highest BCUT2D eigenvalue weighted by molar-refractivity contribution is 5.54. The Balaban J connectivity index is 2.78. The first kappa shape index (κ1) is 10.7. The molecule has 14 heavy (non-hydrogen) atoms. The summed E-state index contributed by atoms with van der Waals surface area (Å²) in [6.45, 7) is 0. The number of benzene rings is 1. The van der Waals surface area contributed by atoms with Crippen molar-refractivity contribution in [3.8, 4) is 0 Å². The Morgan fingerprint density at radius 2 is 1.14 bits per heavy atom. The number of hydrogen-bond donors (Lipinski definition) is 0. The molecule has 1 aromatic rings. The van der Waals surface area contributed by atoms with Gasteiger partial charge in [-0.1, -0.05) is 0 Å². The van der Waals surface area contributed by atoms with E-state index in [1.807, 2.05) is 0 Å². The zero-order valence-corrected chi connectivity index (χ0v) is 7.84. The van der Waals surface area contributed by atoms with Gasteiger partial charge in [0.15, 0.2) is 0 Å². The number of anilines is 2. The summed E-state index contributed by atoms with van der Waals surface area (Å²) >= 11 is 0. The summed E-state index contributed by atoms with van der Waals surface area (Å²) in [6, 6.07) is 5.82. The zero-order chi connectivity index (χ0) is 10.6. The second-order valence-electron chi connectivity index (χ2n) is 2.40. The predicted molar refractivity (Wildman–Crippen MR) is 52.2 cm³/mol. The molecule has 0 bridgehead atoms. The predicted octanol–water partition coefficient (Wildman–Crippen LogP) is 1.42. The summed E-state index contributed by atoms with van der Waals surface area (Å²) in [7, 11) is 2.52. The molecule has 0 aliphatic heterocycles. The van der Waals surface area contributed by atoms with Crippen LogP contribution in [0, 0.1) is 10.4 Å². The average molecular weight is 198 g/mol. The number of nitrogens with zero attached hydrogens (tertiary/aromatic N) is 2. The van der Waals surface area contributed by atoms with E-state index in [1.165, 1.54) is 38.5 Å². The summed E-state index contributed by atoms with van der Waals surface area (Å²) in [5.41, 5.74) is 0.613. The Morgan fingerprint density at radius 1 is 0.857 bits per heavy atom. The average Bonchev–Trinajstić information content (AvgIpc) is 2.27. The molecular formula is C8H10N2O4-2. The smallest absolute Gasteiger partial charge is 0.0629 e. The van der Waals surface area contributed by atoms with Crippen LogP contribution in [0.5, 0.6) is 0 Å². The van der Waals surface area contributed by atoms with Crippen molar-refractivity contribution >= 4 is 11.4 Å². The molecule has 0 heterocycles. The minimum absolute atomic E-state index is 0.306. The summed E-state index contributed by atoms with van der Waals surface area (Å²) in [5, 5.41) is 22.5. The van der Waals surface area contributed by atoms with Gasteiger partial charge in [0.25, 0.3) is 0 Å². The minimum Gasteiger partial charge on any atom is -0.733 e. The van der Waals surface area contributed by atoms with Crippen LogP contribution in [0.1, 0.15) is 0 Å². The van der Waals surface area contributed by atoms with Crippen molar-refractivity contribution in [2.75, 3.05) is 24.7 Å². The van der Waals surface area contributed by atoms with E-state index in [1.54, 1.807) is 0 Å². The van der Waals surface area contributed by atoms with Gasteiger partial charge in [0.2, 0.25) is 0 Å². The van der Waals surface area contributed by atoms with Crippen LogP contribution in [0.2, 0.25) is 0 Å². The molecule has 0 aromatic heterocycles. The van der Waals surface area contributed by atoms with E-state index in [-0.39, 0.29) is 0 Å². The molecule has 0 fully saturated rings. The van der Waals surface area contributed by atoms with E-state index in [9.17, 15) is 10.4 Å². The third-order valence-corrected chi connectivity index (χ3v) is 1.60. The van der Waals surface area contributed by atoms with Gasteiger partial charge in [-0.3, -0.25) is 9.68 Å². The van der Waals surface area contributed by atoms with Crippen molar-refractivity contribution in [3.05, 3.63) is 34.7 Å². The maximum atomic E-state index is 10.9. The highest BCUT2D eigenvalue weighted by atomic mass is 16.9. The van der Waals surface area contributed by atoms with E-state index in [0.29, 0.717) is 21.8 Å². The molecule has 0 saturated heterocycles. The Kier molecular flexibility index (Phi) is 3.66. The molecule has 0 radical (unpaired) electrons. The molecule has 0 aliphatic rings. The quantitative estimate of drug-likeness (QED) is 0.681. The summed E-state index contributed by atoms with van der Waals surface area (Å²) in [5.74, 6) is 0. The van der Waals surface area contributed by atoms with Gasteiger partial charge in [-0.2, -0.15) is 0 Å². The molecule has 0 N–H and O–H groups in total. The first-order valence-corrected chi connectivity index (χ1v) is 3.82. The Morgan fingerprint density at radius 3 is 1.36 bits per heavy atom. The van der Waals surface area contributed by atoms with Crippen LogP contribution in [-0.2, 0) is 9.68 Å². The van der Waals surface area contributed by atoms with E-state index >= 15 is 0 Å². The number of rotatable bonds is 4. The van der Waals surface area contributed by atoms with Crippen LogP contribution < -0.4 is 10.5 Å². The lowest BCUT2D eigenvalue weighted by Crippen LogP contribution is -2.14. The van der Waals surface area contributed by atoms with Gasteiger partial charge in [0.1, 0.15) is 0 Å². The van der Waals surface area contributed by atoms with E-state index in [4.69, 9.17) is 0 Å². The van der Waals surface area contributed by atoms with Gasteiger partial charge in [-0.05, 0) is 24.3 Å². The lowest BCUT2D eigenvalue weighted by molar-refractivity contribution is 0.196. The van der Waals surface area contributed by atoms with E-state index in [2.05, 4.69) is 9.68 Å². The summed E-state index contributed by atoms with van der Waals surface area (Å²) in [4.78, 5) is 8.84. The van der Waals surface area contributed by atoms with Crippen molar-refractivity contribution in [1.82, 2.24) is 0 Å². The zero-order valence-electron chi connectivity index (χ0n) is 7.84. The fourth-order valence-electron chi connectivity index (χ4n) is 0.907. The fraction of sp³-hybridized carbons (Fsp3) is 0.250. The van der Waals surface area contributed by atoms with Gasteiger partial charge >= 0.3 is 0 Å². The lowest BCUT2D eigenvalue weighted by Gasteiger charge is -2.29. The second-order valence-corrected chi connectivity index (χ2v) is 2.40. The molecular weight excluding hydrogens is 188 g/mol. The van der Waals surface area contributed by atoms with Crippen LogP contribution in [0.15, 0.2) is 24.3 Å². The third kappa shape index (κ3) is 2.33. The largest absolute Gasteiger partial charge is 0.733 e. The highest BCUT2D eigenvalue weighted by Crippen LogP contribution is 2.19. The van der Waals surface area contributed by atoms with Gasteiger partial charge in [0.05, 0.1) is 25.6 Å². The molecule has 6 nitrogen and oxygen atoms in total. The minimum atomic E-state index is 0.306. The second kappa shape index (κ2) is 4.77. The molecule has 0 unspecified atom stereocenters. The standard InChI is InChI=1S/C8H10N2O4/c1-13-9(11)7-3-5-8(6-4-7)10(12)14-2/h3-6H,1-2H3/q-2. The van der Waals surface area contributed by atoms with Crippen LogP contribution in [0.25, 0.3) is 0 Å². The molecule has 78 valence electrons. The van der Waals surface area contributed by atoms with Gasteiger partial charge < -0.3 is 20.9 Å². The molecule has 0 amide bonds. The molecule has 0 spiro atoms. The van der Waals surface area contributed by atoms with Crippen molar-refractivity contribution in [3.63, 3.8) is 0 Å². The highest BCUT2D eigenvalue weighted by Gasteiger charge is 1.96. The lowest BCUT2D eigenvalue weighted by atomic mass is 10.3.